The first-order chi connectivity index (χ1) is 12.2. The fourth-order valence-electron chi connectivity index (χ4n) is 2.81. The molecule has 3 rings (SSSR count). The van der Waals surface area contributed by atoms with Crippen LogP contribution < -0.4 is 0 Å². The smallest absolute Gasteiger partial charge is 0.181 e. The van der Waals surface area contributed by atoms with E-state index in [-0.39, 0.29) is 6.61 Å². The predicted octanol–water partition coefficient (Wildman–Crippen LogP) is 2.26. The topological polar surface area (TPSA) is 68.2 Å². The van der Waals surface area contributed by atoms with Crippen molar-refractivity contribution in [3.8, 4) is 0 Å². The van der Waals surface area contributed by atoms with Crippen LogP contribution in [0.2, 0.25) is 0 Å². The molecule has 0 aromatic heterocycles. The van der Waals surface area contributed by atoms with Crippen LogP contribution >= 0.6 is 0 Å². The summed E-state index contributed by atoms with van der Waals surface area (Å²) in [5, 5.41) is 20.4. The third-order valence-electron chi connectivity index (χ3n) is 4.24. The standard InChI is InChI=1S/C20H24O5/c21-17-11-18(24-13-16-9-5-2-6-10-16)20(22)25-19(17)14-23-12-15-7-3-1-4-8-15/h1-10,17-22H,11-14H2/t17-,18-,19-,20-/m1/s1. The summed E-state index contributed by atoms with van der Waals surface area (Å²) in [7, 11) is 0. The van der Waals surface area contributed by atoms with Gasteiger partial charge in [-0.2, -0.15) is 0 Å². The van der Waals surface area contributed by atoms with E-state index in [1.807, 2.05) is 60.7 Å². The minimum Gasteiger partial charge on any atom is -0.390 e. The van der Waals surface area contributed by atoms with Crippen molar-refractivity contribution in [1.29, 1.82) is 0 Å². The highest BCUT2D eigenvalue weighted by Crippen LogP contribution is 2.23. The van der Waals surface area contributed by atoms with Gasteiger partial charge in [0, 0.05) is 6.42 Å². The molecule has 1 heterocycles. The maximum absolute atomic E-state index is 10.3. The number of hydrogen-bond acceptors (Lipinski definition) is 5. The molecule has 0 saturated carbocycles. The Morgan fingerprint density at radius 3 is 2.12 bits per heavy atom. The Balaban J connectivity index is 1.43. The van der Waals surface area contributed by atoms with Gasteiger partial charge in [-0.25, -0.2) is 0 Å². The van der Waals surface area contributed by atoms with Crippen LogP contribution in [0.1, 0.15) is 17.5 Å². The zero-order valence-corrected chi connectivity index (χ0v) is 14.0. The molecule has 1 aliphatic heterocycles. The summed E-state index contributed by atoms with van der Waals surface area (Å²) in [6.07, 6.45) is -2.61. The highest BCUT2D eigenvalue weighted by molar-refractivity contribution is 5.14. The summed E-state index contributed by atoms with van der Waals surface area (Å²) in [5.74, 6) is 0. The zero-order valence-electron chi connectivity index (χ0n) is 14.0. The van der Waals surface area contributed by atoms with E-state index in [4.69, 9.17) is 14.2 Å². The van der Waals surface area contributed by atoms with Crippen molar-refractivity contribution in [2.75, 3.05) is 6.61 Å². The third-order valence-corrected chi connectivity index (χ3v) is 4.24. The van der Waals surface area contributed by atoms with Crippen LogP contribution in [-0.4, -0.2) is 41.4 Å². The number of hydrogen-bond donors (Lipinski definition) is 2. The van der Waals surface area contributed by atoms with E-state index in [9.17, 15) is 10.2 Å². The van der Waals surface area contributed by atoms with E-state index in [0.29, 0.717) is 19.6 Å². The molecule has 0 bridgehead atoms. The second-order valence-electron chi connectivity index (χ2n) is 6.20. The van der Waals surface area contributed by atoms with Gasteiger partial charge in [-0.3, -0.25) is 0 Å². The van der Waals surface area contributed by atoms with E-state index >= 15 is 0 Å². The molecular weight excluding hydrogens is 320 g/mol. The fourth-order valence-corrected chi connectivity index (χ4v) is 2.81. The molecule has 0 spiro atoms. The molecule has 0 radical (unpaired) electrons. The summed E-state index contributed by atoms with van der Waals surface area (Å²) in [4.78, 5) is 0. The molecule has 5 nitrogen and oxygen atoms in total. The second kappa shape index (κ2) is 9.08. The van der Waals surface area contributed by atoms with Crippen molar-refractivity contribution in [1.82, 2.24) is 0 Å². The number of benzene rings is 2. The maximum Gasteiger partial charge on any atom is 0.181 e. The highest BCUT2D eigenvalue weighted by Gasteiger charge is 2.37. The van der Waals surface area contributed by atoms with Gasteiger partial charge in [-0.15, -0.1) is 0 Å². The number of rotatable bonds is 7. The quantitative estimate of drug-likeness (QED) is 0.806. The lowest BCUT2D eigenvalue weighted by Crippen LogP contribution is -2.49. The van der Waals surface area contributed by atoms with E-state index in [0.717, 1.165) is 11.1 Å². The van der Waals surface area contributed by atoms with E-state index in [2.05, 4.69) is 0 Å². The average Bonchev–Trinajstić information content (AvgIpc) is 2.65. The minimum atomic E-state index is -1.07. The van der Waals surface area contributed by atoms with Gasteiger partial charge in [-0.1, -0.05) is 60.7 Å². The van der Waals surface area contributed by atoms with Crippen molar-refractivity contribution < 1.29 is 24.4 Å². The Labute approximate surface area is 147 Å². The molecule has 2 aromatic rings. The molecule has 2 aromatic carbocycles. The number of aliphatic hydroxyl groups is 2. The predicted molar refractivity (Wildman–Crippen MR) is 92.6 cm³/mol. The highest BCUT2D eigenvalue weighted by atomic mass is 16.7. The molecule has 1 fully saturated rings. The van der Waals surface area contributed by atoms with E-state index in [1.165, 1.54) is 0 Å². The molecule has 25 heavy (non-hydrogen) atoms. The first-order valence-electron chi connectivity index (χ1n) is 8.51. The van der Waals surface area contributed by atoms with Gasteiger partial charge in [0.15, 0.2) is 6.29 Å². The molecule has 134 valence electrons. The van der Waals surface area contributed by atoms with Gasteiger partial charge in [0.05, 0.1) is 25.9 Å². The van der Waals surface area contributed by atoms with E-state index < -0.39 is 24.6 Å². The molecule has 0 amide bonds. The lowest BCUT2D eigenvalue weighted by atomic mass is 10.0. The van der Waals surface area contributed by atoms with Crippen molar-refractivity contribution in [3.63, 3.8) is 0 Å². The monoisotopic (exact) mass is 344 g/mol. The Bertz CT molecular complexity index is 618. The molecule has 4 atom stereocenters. The average molecular weight is 344 g/mol. The van der Waals surface area contributed by atoms with Gasteiger partial charge >= 0.3 is 0 Å². The fraction of sp³-hybridized carbons (Fsp3) is 0.400. The molecule has 0 unspecified atom stereocenters. The first-order valence-corrected chi connectivity index (χ1v) is 8.51. The van der Waals surface area contributed by atoms with Crippen LogP contribution in [0.25, 0.3) is 0 Å². The normalized spacial score (nSPS) is 26.5. The third kappa shape index (κ3) is 5.36. The molecular formula is C20H24O5. The minimum absolute atomic E-state index is 0.221. The summed E-state index contributed by atoms with van der Waals surface area (Å²) in [5.41, 5.74) is 2.06. The molecule has 5 heteroatoms. The second-order valence-corrected chi connectivity index (χ2v) is 6.20. The van der Waals surface area contributed by atoms with Crippen LogP contribution in [0.4, 0.5) is 0 Å². The van der Waals surface area contributed by atoms with Gasteiger partial charge in [0.1, 0.15) is 12.2 Å². The zero-order chi connectivity index (χ0) is 17.5. The van der Waals surface area contributed by atoms with Crippen LogP contribution in [-0.2, 0) is 27.4 Å². The largest absolute Gasteiger partial charge is 0.390 e. The van der Waals surface area contributed by atoms with E-state index in [1.54, 1.807) is 0 Å². The lowest BCUT2D eigenvalue weighted by molar-refractivity contribution is -0.266. The van der Waals surface area contributed by atoms with Gasteiger partial charge in [0.2, 0.25) is 0 Å². The van der Waals surface area contributed by atoms with Crippen molar-refractivity contribution in [2.45, 2.75) is 44.2 Å². The van der Waals surface area contributed by atoms with Crippen LogP contribution in [0.3, 0.4) is 0 Å². The Morgan fingerprint density at radius 2 is 1.48 bits per heavy atom. The lowest BCUT2D eigenvalue weighted by Gasteiger charge is -2.36. The maximum atomic E-state index is 10.3. The van der Waals surface area contributed by atoms with Gasteiger partial charge in [0.25, 0.3) is 0 Å². The Kier molecular flexibility index (Phi) is 6.55. The molecule has 1 saturated heterocycles. The van der Waals surface area contributed by atoms with Crippen molar-refractivity contribution in [3.05, 3.63) is 71.8 Å². The number of aliphatic hydroxyl groups excluding tert-OH is 2. The van der Waals surface area contributed by atoms with Crippen LogP contribution in [0.15, 0.2) is 60.7 Å². The van der Waals surface area contributed by atoms with Crippen LogP contribution in [0.5, 0.6) is 0 Å². The molecule has 1 aliphatic rings. The number of ether oxygens (including phenoxy) is 3. The van der Waals surface area contributed by atoms with Crippen molar-refractivity contribution in [2.24, 2.45) is 0 Å². The SMILES string of the molecule is O[C@@H]1C[C@@H](OCc2ccccc2)[C@H](O)O[C@@H]1COCc1ccccc1. The summed E-state index contributed by atoms with van der Waals surface area (Å²) >= 11 is 0. The Morgan fingerprint density at radius 1 is 0.880 bits per heavy atom. The summed E-state index contributed by atoms with van der Waals surface area (Å²) in [6, 6.07) is 19.5. The van der Waals surface area contributed by atoms with Crippen LogP contribution in [0, 0.1) is 0 Å². The summed E-state index contributed by atoms with van der Waals surface area (Å²) in [6.45, 7) is 1.03. The molecule has 0 aliphatic carbocycles. The van der Waals surface area contributed by atoms with Gasteiger partial charge in [-0.05, 0) is 11.1 Å². The molecule has 2 N–H and O–H groups in total. The van der Waals surface area contributed by atoms with Crippen molar-refractivity contribution >= 4 is 0 Å². The van der Waals surface area contributed by atoms with Gasteiger partial charge < -0.3 is 24.4 Å². The Hall–Kier alpha value is -1.76. The first kappa shape index (κ1) is 18.0. The summed E-state index contributed by atoms with van der Waals surface area (Å²) < 4.78 is 16.8.